The van der Waals surface area contributed by atoms with E-state index in [1.54, 1.807) is 18.2 Å². The second kappa shape index (κ2) is 10.2. The van der Waals surface area contributed by atoms with Crippen molar-refractivity contribution in [3.8, 4) is 11.3 Å². The number of aromatic nitrogens is 2. The van der Waals surface area contributed by atoms with E-state index < -0.39 is 30.3 Å². The van der Waals surface area contributed by atoms with Crippen molar-refractivity contribution in [1.29, 1.82) is 0 Å². The van der Waals surface area contributed by atoms with Crippen LogP contribution in [0.15, 0.2) is 47.3 Å². The van der Waals surface area contributed by atoms with Crippen LogP contribution in [0.5, 0.6) is 0 Å². The second-order valence-corrected chi connectivity index (χ2v) is 7.33. The average molecular weight is 479 g/mol. The molecular formula is C20H16Cl2N4O6. The normalized spacial score (nSPS) is 11.7. The van der Waals surface area contributed by atoms with Crippen LogP contribution in [0.4, 0.5) is 5.69 Å². The number of aliphatic carboxylic acids is 1. The number of halogens is 2. The number of carbonyl (C=O) groups excluding carboxylic acids is 1. The molecule has 1 aromatic carbocycles. The van der Waals surface area contributed by atoms with Gasteiger partial charge in [0.2, 0.25) is 11.8 Å². The molecule has 2 aromatic heterocycles. The molecule has 3 rings (SSSR count). The molecule has 0 spiro atoms. The van der Waals surface area contributed by atoms with Crippen molar-refractivity contribution in [2.24, 2.45) is 0 Å². The molecule has 4 N–H and O–H groups in total. The lowest BCUT2D eigenvalue weighted by Crippen LogP contribution is -2.42. The van der Waals surface area contributed by atoms with Crippen LogP contribution in [-0.2, 0) is 16.1 Å². The van der Waals surface area contributed by atoms with E-state index in [0.29, 0.717) is 21.4 Å². The Morgan fingerprint density at radius 1 is 1.12 bits per heavy atom. The summed E-state index contributed by atoms with van der Waals surface area (Å²) < 4.78 is 5.63. The lowest BCUT2D eigenvalue weighted by atomic mass is 10.1. The molecule has 3 aromatic rings. The SMILES string of the molecule is O=C(O)CC(NCc1ncc(-c2cc(Cl)ccc2Cl)o1)C(=O)Nc1ccncc1C(=O)O. The summed E-state index contributed by atoms with van der Waals surface area (Å²) in [5, 5.41) is 24.4. The van der Waals surface area contributed by atoms with Crippen LogP contribution in [0.3, 0.4) is 0 Å². The number of hydrogen-bond donors (Lipinski definition) is 4. The number of carboxylic acid groups (broad SMARTS) is 2. The fourth-order valence-electron chi connectivity index (χ4n) is 2.74. The number of carboxylic acids is 2. The van der Waals surface area contributed by atoms with Gasteiger partial charge in [0, 0.05) is 23.0 Å². The van der Waals surface area contributed by atoms with Gasteiger partial charge in [0.15, 0.2) is 5.76 Å². The van der Waals surface area contributed by atoms with Crippen LogP contribution in [0.2, 0.25) is 10.0 Å². The molecule has 0 bridgehead atoms. The third-order valence-electron chi connectivity index (χ3n) is 4.25. The number of benzene rings is 1. The van der Waals surface area contributed by atoms with E-state index in [-0.39, 0.29) is 23.7 Å². The molecule has 0 saturated carbocycles. The van der Waals surface area contributed by atoms with Crippen LogP contribution >= 0.6 is 23.2 Å². The molecular weight excluding hydrogens is 463 g/mol. The quantitative estimate of drug-likeness (QED) is 0.362. The molecule has 0 aliphatic rings. The number of anilines is 1. The zero-order valence-electron chi connectivity index (χ0n) is 16.2. The molecule has 0 saturated heterocycles. The number of amides is 1. The maximum absolute atomic E-state index is 12.6. The van der Waals surface area contributed by atoms with Crippen LogP contribution in [0.1, 0.15) is 22.7 Å². The molecule has 1 unspecified atom stereocenters. The first-order valence-electron chi connectivity index (χ1n) is 9.08. The Morgan fingerprint density at radius 2 is 1.91 bits per heavy atom. The maximum atomic E-state index is 12.6. The fourth-order valence-corrected chi connectivity index (χ4v) is 3.12. The predicted octanol–water partition coefficient (Wildman–Crippen LogP) is 3.31. The smallest absolute Gasteiger partial charge is 0.339 e. The van der Waals surface area contributed by atoms with E-state index in [4.69, 9.17) is 32.7 Å². The van der Waals surface area contributed by atoms with Gasteiger partial charge in [-0.1, -0.05) is 23.2 Å². The molecule has 1 amide bonds. The highest BCUT2D eigenvalue weighted by molar-refractivity contribution is 6.35. The number of rotatable bonds is 9. The Kier molecular flexibility index (Phi) is 7.41. The highest BCUT2D eigenvalue weighted by atomic mass is 35.5. The Labute approximate surface area is 191 Å². The largest absolute Gasteiger partial charge is 0.481 e. The van der Waals surface area contributed by atoms with Gasteiger partial charge in [-0.3, -0.25) is 19.9 Å². The summed E-state index contributed by atoms with van der Waals surface area (Å²) in [5.74, 6) is -2.75. The summed E-state index contributed by atoms with van der Waals surface area (Å²) in [6.45, 7) is -0.0777. The number of carbonyl (C=O) groups is 3. The average Bonchev–Trinajstić information content (AvgIpc) is 3.21. The van der Waals surface area contributed by atoms with Crippen LogP contribution in [0.25, 0.3) is 11.3 Å². The minimum absolute atomic E-state index is 0.0105. The number of nitrogens with zero attached hydrogens (tertiary/aromatic N) is 2. The zero-order valence-corrected chi connectivity index (χ0v) is 17.7. The lowest BCUT2D eigenvalue weighted by molar-refractivity contribution is -0.139. The zero-order chi connectivity index (χ0) is 23.3. The summed E-state index contributed by atoms with van der Waals surface area (Å²) in [5.41, 5.74) is 0.283. The first-order valence-corrected chi connectivity index (χ1v) is 9.83. The summed E-state index contributed by atoms with van der Waals surface area (Å²) in [7, 11) is 0. The van der Waals surface area contributed by atoms with Crippen molar-refractivity contribution in [3.63, 3.8) is 0 Å². The van der Waals surface area contributed by atoms with Gasteiger partial charge < -0.3 is 19.9 Å². The number of hydrogen-bond acceptors (Lipinski definition) is 7. The van der Waals surface area contributed by atoms with Crippen molar-refractivity contribution < 1.29 is 29.0 Å². The molecule has 10 nitrogen and oxygen atoms in total. The number of pyridine rings is 1. The molecule has 2 heterocycles. The Bertz CT molecular complexity index is 1170. The van der Waals surface area contributed by atoms with Gasteiger partial charge in [0.1, 0.15) is 5.56 Å². The molecule has 12 heteroatoms. The fraction of sp³-hybridized carbons (Fsp3) is 0.150. The molecule has 0 fully saturated rings. The lowest BCUT2D eigenvalue weighted by Gasteiger charge is -2.16. The minimum atomic E-state index is -1.29. The Balaban J connectivity index is 1.72. The molecule has 0 aliphatic heterocycles. The summed E-state index contributed by atoms with van der Waals surface area (Å²) in [4.78, 5) is 42.9. The first kappa shape index (κ1) is 23.2. The summed E-state index contributed by atoms with van der Waals surface area (Å²) in [6, 6.07) is 4.94. The van der Waals surface area contributed by atoms with Gasteiger partial charge in [0.25, 0.3) is 0 Å². The molecule has 0 aliphatic carbocycles. The van der Waals surface area contributed by atoms with Gasteiger partial charge in [-0.15, -0.1) is 0 Å². The summed E-state index contributed by atoms with van der Waals surface area (Å²) >= 11 is 12.1. The number of nitrogens with one attached hydrogen (secondary N) is 2. The van der Waals surface area contributed by atoms with E-state index in [1.807, 2.05) is 0 Å². The highest BCUT2D eigenvalue weighted by Gasteiger charge is 2.24. The standard InChI is InChI=1S/C20H16Cl2N4O6/c21-10-1-2-13(22)11(5-10)16-8-25-17(32-16)9-24-15(6-18(27)28)19(29)26-14-3-4-23-7-12(14)20(30)31/h1-5,7-8,15,24H,6,9H2,(H,27,28)(H,30,31)(H,23,26,29). The van der Waals surface area contributed by atoms with Crippen molar-refractivity contribution in [2.45, 2.75) is 19.0 Å². The third-order valence-corrected chi connectivity index (χ3v) is 4.82. The first-order chi connectivity index (χ1) is 15.2. The maximum Gasteiger partial charge on any atom is 0.339 e. The van der Waals surface area contributed by atoms with Gasteiger partial charge in [0.05, 0.1) is 35.9 Å². The highest BCUT2D eigenvalue weighted by Crippen LogP contribution is 2.31. The topological polar surface area (TPSA) is 155 Å². The van der Waals surface area contributed by atoms with Gasteiger partial charge in [-0.2, -0.15) is 0 Å². The van der Waals surface area contributed by atoms with Gasteiger partial charge >= 0.3 is 11.9 Å². The monoisotopic (exact) mass is 478 g/mol. The number of aromatic carboxylic acids is 1. The Morgan fingerprint density at radius 3 is 2.62 bits per heavy atom. The predicted molar refractivity (Wildman–Crippen MR) is 115 cm³/mol. The number of oxazole rings is 1. The molecule has 32 heavy (non-hydrogen) atoms. The summed E-state index contributed by atoms with van der Waals surface area (Å²) in [6.07, 6.45) is 3.24. The van der Waals surface area contributed by atoms with Crippen LogP contribution in [0, 0.1) is 0 Å². The molecule has 166 valence electrons. The van der Waals surface area contributed by atoms with Gasteiger partial charge in [-0.05, 0) is 24.3 Å². The van der Waals surface area contributed by atoms with Crippen LogP contribution in [-0.4, -0.2) is 44.1 Å². The van der Waals surface area contributed by atoms with E-state index in [0.717, 1.165) is 6.20 Å². The molecule has 0 radical (unpaired) electrons. The second-order valence-electron chi connectivity index (χ2n) is 6.49. The van der Waals surface area contributed by atoms with E-state index in [2.05, 4.69) is 20.6 Å². The third kappa shape index (κ3) is 5.82. The Hall–Kier alpha value is -3.47. The van der Waals surface area contributed by atoms with Crippen LogP contribution < -0.4 is 10.6 Å². The minimum Gasteiger partial charge on any atom is -0.481 e. The van der Waals surface area contributed by atoms with E-state index in [1.165, 1.54) is 18.5 Å². The van der Waals surface area contributed by atoms with Crippen molar-refractivity contribution in [1.82, 2.24) is 15.3 Å². The van der Waals surface area contributed by atoms with Crippen molar-refractivity contribution in [2.75, 3.05) is 5.32 Å². The van der Waals surface area contributed by atoms with E-state index >= 15 is 0 Å². The van der Waals surface area contributed by atoms with Crippen molar-refractivity contribution >= 4 is 46.7 Å². The van der Waals surface area contributed by atoms with Gasteiger partial charge in [-0.25, -0.2) is 9.78 Å². The van der Waals surface area contributed by atoms with E-state index in [9.17, 15) is 19.5 Å². The molecule has 1 atom stereocenters. The van der Waals surface area contributed by atoms with Crippen molar-refractivity contribution in [3.05, 3.63) is 64.4 Å².